The molecule has 0 saturated heterocycles. The Morgan fingerprint density at radius 3 is 2.21 bits per heavy atom. The van der Waals surface area contributed by atoms with E-state index in [1.165, 1.54) is 13.2 Å². The van der Waals surface area contributed by atoms with E-state index in [1.807, 2.05) is 36.4 Å². The fourth-order valence-corrected chi connectivity index (χ4v) is 4.05. The van der Waals surface area contributed by atoms with Gasteiger partial charge in [0.05, 0.1) is 6.54 Å². The molecule has 1 atom stereocenters. The Morgan fingerprint density at radius 2 is 1.59 bits per heavy atom. The minimum absolute atomic E-state index is 0.0572. The molecule has 1 aliphatic rings. The lowest BCUT2D eigenvalue weighted by Crippen LogP contribution is -2.37. The molecule has 0 saturated carbocycles. The lowest BCUT2D eigenvalue weighted by atomic mass is 9.98. The molecule has 34 heavy (non-hydrogen) atoms. The van der Waals surface area contributed by atoms with Crippen molar-refractivity contribution in [1.29, 1.82) is 0 Å². The fourth-order valence-electron chi connectivity index (χ4n) is 4.05. The van der Waals surface area contributed by atoms with E-state index in [0.29, 0.717) is 5.69 Å². The highest BCUT2D eigenvalue weighted by atomic mass is 16.5. The van der Waals surface area contributed by atoms with Gasteiger partial charge >= 0.3 is 12.1 Å². The number of nitrogens with one attached hydrogen (secondary N) is 2. The standard InChI is InChI=1S/C26H24N2O6/c1-33-23(25(30)31)14-27-24(29)16-7-6-8-17(13-16)28-26(32)34-15-22-20-11-4-2-9-18(20)19-10-3-5-12-21(19)22/h2-13,22-23H,14-15H2,1H3,(H,27,29)(H,28,32)(H,30,31). The molecule has 0 aliphatic heterocycles. The Bertz CT molecular complexity index is 1180. The molecule has 0 spiro atoms. The summed E-state index contributed by atoms with van der Waals surface area (Å²) in [6.07, 6.45) is -1.78. The quantitative estimate of drug-likeness (QED) is 0.470. The maximum atomic E-state index is 12.5. The van der Waals surface area contributed by atoms with Gasteiger partial charge in [0.25, 0.3) is 5.91 Å². The molecule has 3 N–H and O–H groups in total. The molecule has 0 bridgehead atoms. The van der Waals surface area contributed by atoms with Crippen molar-refractivity contribution in [2.75, 3.05) is 25.6 Å². The van der Waals surface area contributed by atoms with Crippen molar-refractivity contribution in [3.8, 4) is 11.1 Å². The van der Waals surface area contributed by atoms with E-state index in [-0.39, 0.29) is 24.6 Å². The predicted octanol–water partition coefficient (Wildman–Crippen LogP) is 3.88. The zero-order chi connectivity index (χ0) is 24.1. The van der Waals surface area contributed by atoms with Gasteiger partial charge in [-0.15, -0.1) is 0 Å². The van der Waals surface area contributed by atoms with Gasteiger partial charge in [0.1, 0.15) is 6.61 Å². The van der Waals surface area contributed by atoms with Crippen molar-refractivity contribution in [1.82, 2.24) is 5.32 Å². The lowest BCUT2D eigenvalue weighted by Gasteiger charge is -2.15. The molecule has 4 rings (SSSR count). The van der Waals surface area contributed by atoms with E-state index in [0.717, 1.165) is 22.3 Å². The van der Waals surface area contributed by atoms with Crippen LogP contribution in [0, 0.1) is 0 Å². The Hall–Kier alpha value is -4.17. The zero-order valence-electron chi connectivity index (χ0n) is 18.5. The van der Waals surface area contributed by atoms with Crippen molar-refractivity contribution >= 4 is 23.7 Å². The first-order valence-electron chi connectivity index (χ1n) is 10.7. The molecule has 174 valence electrons. The number of hydrogen-bond acceptors (Lipinski definition) is 5. The molecule has 0 heterocycles. The van der Waals surface area contributed by atoms with Crippen LogP contribution in [-0.4, -0.2) is 49.4 Å². The Kier molecular flexibility index (Phi) is 6.89. The molecular weight excluding hydrogens is 436 g/mol. The van der Waals surface area contributed by atoms with Crippen molar-refractivity contribution in [3.05, 3.63) is 89.5 Å². The third kappa shape index (κ3) is 4.92. The van der Waals surface area contributed by atoms with Crippen LogP contribution in [-0.2, 0) is 14.3 Å². The van der Waals surface area contributed by atoms with E-state index < -0.39 is 24.1 Å². The first kappa shape index (κ1) is 23.0. The van der Waals surface area contributed by atoms with Gasteiger partial charge in [-0.3, -0.25) is 10.1 Å². The highest BCUT2D eigenvalue weighted by Crippen LogP contribution is 2.44. The summed E-state index contributed by atoms with van der Waals surface area (Å²) in [5.41, 5.74) is 5.16. The molecule has 8 heteroatoms. The number of carboxylic acid groups (broad SMARTS) is 1. The van der Waals surface area contributed by atoms with Crippen LogP contribution in [0.25, 0.3) is 11.1 Å². The number of ether oxygens (including phenoxy) is 2. The number of rotatable bonds is 8. The molecule has 2 amide bonds. The second-order valence-corrected chi connectivity index (χ2v) is 7.80. The van der Waals surface area contributed by atoms with Crippen molar-refractivity contribution in [2.24, 2.45) is 0 Å². The number of anilines is 1. The second-order valence-electron chi connectivity index (χ2n) is 7.80. The number of aliphatic carboxylic acids is 1. The third-order valence-electron chi connectivity index (χ3n) is 5.72. The lowest BCUT2D eigenvalue weighted by molar-refractivity contribution is -0.148. The van der Waals surface area contributed by atoms with Gasteiger partial charge < -0.3 is 19.9 Å². The number of amides is 2. The fraction of sp³-hybridized carbons (Fsp3) is 0.192. The van der Waals surface area contributed by atoms with Gasteiger partial charge in [-0.25, -0.2) is 9.59 Å². The summed E-state index contributed by atoms with van der Waals surface area (Å²) in [5, 5.41) is 14.1. The average molecular weight is 460 g/mol. The van der Waals surface area contributed by atoms with Gasteiger partial charge in [-0.1, -0.05) is 54.6 Å². The Morgan fingerprint density at radius 1 is 0.941 bits per heavy atom. The van der Waals surface area contributed by atoms with Crippen LogP contribution in [0.5, 0.6) is 0 Å². The summed E-state index contributed by atoms with van der Waals surface area (Å²) in [6.45, 7) is -0.0116. The van der Waals surface area contributed by atoms with Gasteiger partial charge in [0.2, 0.25) is 0 Å². The number of fused-ring (bicyclic) bond motifs is 3. The van der Waals surface area contributed by atoms with Crippen LogP contribution in [0.15, 0.2) is 72.8 Å². The third-order valence-corrected chi connectivity index (χ3v) is 5.72. The van der Waals surface area contributed by atoms with E-state index >= 15 is 0 Å². The normalized spacial score (nSPS) is 12.9. The van der Waals surface area contributed by atoms with Crippen LogP contribution in [0.1, 0.15) is 27.4 Å². The number of carbonyl (C=O) groups excluding carboxylic acids is 2. The molecule has 0 radical (unpaired) electrons. The van der Waals surface area contributed by atoms with Crippen LogP contribution in [0.2, 0.25) is 0 Å². The summed E-state index contributed by atoms with van der Waals surface area (Å²) in [6, 6.07) is 22.4. The zero-order valence-corrected chi connectivity index (χ0v) is 18.5. The molecule has 1 unspecified atom stereocenters. The summed E-state index contributed by atoms with van der Waals surface area (Å²) in [7, 11) is 1.25. The first-order valence-corrected chi connectivity index (χ1v) is 10.7. The highest BCUT2D eigenvalue weighted by molar-refractivity contribution is 5.96. The van der Waals surface area contributed by atoms with Crippen LogP contribution in [0.4, 0.5) is 10.5 Å². The number of hydrogen-bond donors (Lipinski definition) is 3. The Labute approximate surface area is 196 Å². The number of carbonyl (C=O) groups is 3. The second kappa shape index (κ2) is 10.2. The van der Waals surface area contributed by atoms with Gasteiger partial charge in [0, 0.05) is 24.3 Å². The Balaban J connectivity index is 1.37. The smallest absolute Gasteiger partial charge is 0.411 e. The monoisotopic (exact) mass is 460 g/mol. The summed E-state index contributed by atoms with van der Waals surface area (Å²) >= 11 is 0. The van der Waals surface area contributed by atoms with Crippen molar-refractivity contribution in [3.63, 3.8) is 0 Å². The van der Waals surface area contributed by atoms with Crippen LogP contribution < -0.4 is 10.6 Å². The van der Waals surface area contributed by atoms with Gasteiger partial charge in [-0.05, 0) is 40.5 Å². The topological polar surface area (TPSA) is 114 Å². The summed E-state index contributed by atoms with van der Waals surface area (Å²) in [5.74, 6) is -1.72. The molecule has 8 nitrogen and oxygen atoms in total. The SMILES string of the molecule is COC(CNC(=O)c1cccc(NC(=O)OCC2c3ccccc3-c3ccccc32)c1)C(=O)O. The van der Waals surface area contributed by atoms with E-state index in [2.05, 4.69) is 22.8 Å². The number of methoxy groups -OCH3 is 1. The van der Waals surface area contributed by atoms with Crippen LogP contribution >= 0.6 is 0 Å². The van der Waals surface area contributed by atoms with Crippen molar-refractivity contribution < 1.29 is 29.0 Å². The van der Waals surface area contributed by atoms with E-state index in [1.54, 1.807) is 18.2 Å². The summed E-state index contributed by atoms with van der Waals surface area (Å²) < 4.78 is 10.3. The van der Waals surface area contributed by atoms with E-state index in [4.69, 9.17) is 14.6 Å². The molecule has 0 aromatic heterocycles. The maximum Gasteiger partial charge on any atom is 0.411 e. The van der Waals surface area contributed by atoms with Gasteiger partial charge in [0.15, 0.2) is 6.10 Å². The highest BCUT2D eigenvalue weighted by Gasteiger charge is 2.29. The molecule has 3 aromatic rings. The average Bonchev–Trinajstić information content (AvgIpc) is 3.16. The number of carboxylic acids is 1. The first-order chi connectivity index (χ1) is 16.5. The molecule has 3 aromatic carbocycles. The molecule has 1 aliphatic carbocycles. The number of benzene rings is 3. The predicted molar refractivity (Wildman–Crippen MR) is 126 cm³/mol. The molecule has 0 fully saturated rings. The maximum absolute atomic E-state index is 12.5. The van der Waals surface area contributed by atoms with Gasteiger partial charge in [-0.2, -0.15) is 0 Å². The van der Waals surface area contributed by atoms with Crippen LogP contribution in [0.3, 0.4) is 0 Å². The van der Waals surface area contributed by atoms with Crippen molar-refractivity contribution in [2.45, 2.75) is 12.0 Å². The largest absolute Gasteiger partial charge is 0.479 e. The minimum atomic E-state index is -1.17. The molecular formula is C26H24N2O6. The van der Waals surface area contributed by atoms with E-state index in [9.17, 15) is 14.4 Å². The summed E-state index contributed by atoms with van der Waals surface area (Å²) in [4.78, 5) is 35.9. The minimum Gasteiger partial charge on any atom is -0.479 e.